The maximum absolute atomic E-state index is 13.8. The number of fused-ring (bicyclic) bond motifs is 5. The normalized spacial score (nSPS) is 49.9. The number of carbonyl (C=O) groups is 2. The van der Waals surface area contributed by atoms with Crippen LogP contribution in [0, 0.1) is 46.3 Å². The van der Waals surface area contributed by atoms with E-state index in [0.29, 0.717) is 38.5 Å². The highest BCUT2D eigenvalue weighted by atomic mass is 16.8. The summed E-state index contributed by atoms with van der Waals surface area (Å²) in [6.45, 7) is 6.75. The van der Waals surface area contributed by atoms with Gasteiger partial charge in [-0.05, 0) is 79.4 Å². The van der Waals surface area contributed by atoms with Gasteiger partial charge in [0.1, 0.15) is 78.7 Å². The van der Waals surface area contributed by atoms with Gasteiger partial charge in [-0.3, -0.25) is 9.59 Å². The monoisotopic (exact) mass is 902 g/mol. The second-order valence-corrected chi connectivity index (χ2v) is 20.0. The molecule has 0 radical (unpaired) electrons. The Hall–Kier alpha value is -1.60. The third kappa shape index (κ3) is 9.11. The number of carbonyl (C=O) groups excluding carboxylic acids is 2. The standard InChI is InChI=1S/C44H70O19/c1-18(15-45)5-8-25(48)19(2)29-26(49)14-24-22-7-6-20-13-21(9-11-43(20,3)23(22)10-12-44(24,29)4)58-42-38(62-41-35(55)32(52)33(53)39(57)63-41)36(56)37(28(17-47)60-42)61-40-34(54)31(51)30(50)27(16-46)59-40/h6,18-19,21-24,27-42,45-47,50-57H,5,7-17H2,1-4H3/t18-,19+,21?,22+,23-,24-,27+,28+,29+,30+,31-,32+,33+,34+,35+,36-,37+,38+,39+,40+,41-,42+,43-,44-/m0/s1. The minimum atomic E-state index is -2.00. The quantitative estimate of drug-likeness (QED) is 0.0853. The van der Waals surface area contributed by atoms with Crippen molar-refractivity contribution in [2.45, 2.75) is 184 Å². The fraction of sp³-hybridized carbons (Fsp3) is 0.909. The van der Waals surface area contributed by atoms with Crippen LogP contribution in [0.1, 0.15) is 85.5 Å². The summed E-state index contributed by atoms with van der Waals surface area (Å²) in [7, 11) is 0. The molecule has 360 valence electrons. The Balaban J connectivity index is 1.08. The summed E-state index contributed by atoms with van der Waals surface area (Å²) in [4.78, 5) is 27.2. The molecule has 6 fully saturated rings. The Labute approximate surface area is 366 Å². The smallest absolute Gasteiger partial charge is 0.189 e. The SMILES string of the molecule is C[C@H](CO)CCC(=O)[C@@H](C)[C@@H]1C(=O)C[C@H]2[C@@H]3CC=C4CC(O[C@@H]5O[C@H](CO)[C@@H](O[C@H]6O[C@H](CO)[C@@H](O)[C@H](O)[C@H]6O)[C@H](O)[C@H]5O[C@H]5O[C@@H](O)[C@H](O)[C@@H](O)[C@H]5O)CC[C@]4(C)[C@H]3CC[C@@]21C. The van der Waals surface area contributed by atoms with Gasteiger partial charge in [0, 0.05) is 31.3 Å². The van der Waals surface area contributed by atoms with Crippen molar-refractivity contribution < 1.29 is 94.2 Å². The van der Waals surface area contributed by atoms with Gasteiger partial charge in [-0.25, -0.2) is 0 Å². The Bertz CT molecular complexity index is 1630. The minimum absolute atomic E-state index is 0.0163. The average molecular weight is 903 g/mol. The molecule has 0 spiro atoms. The molecule has 1 unspecified atom stereocenters. The van der Waals surface area contributed by atoms with Crippen molar-refractivity contribution in [2.24, 2.45) is 46.3 Å². The third-order valence-corrected chi connectivity index (χ3v) is 16.3. The molecule has 19 heteroatoms. The second-order valence-electron chi connectivity index (χ2n) is 20.0. The molecule has 19 nitrogen and oxygen atoms in total. The molecule has 11 N–H and O–H groups in total. The predicted molar refractivity (Wildman–Crippen MR) is 214 cm³/mol. The maximum Gasteiger partial charge on any atom is 0.189 e. The molecule has 63 heavy (non-hydrogen) atoms. The summed E-state index contributed by atoms with van der Waals surface area (Å²) in [6, 6.07) is 0. The van der Waals surface area contributed by atoms with Crippen LogP contribution < -0.4 is 0 Å². The average Bonchev–Trinajstić information content (AvgIpc) is 3.54. The van der Waals surface area contributed by atoms with Gasteiger partial charge >= 0.3 is 0 Å². The molecule has 24 atom stereocenters. The summed E-state index contributed by atoms with van der Waals surface area (Å²) in [6.07, 6.45) is -18.8. The highest BCUT2D eigenvalue weighted by molar-refractivity contribution is 5.92. The number of hydrogen-bond donors (Lipinski definition) is 11. The fourth-order valence-corrected chi connectivity index (χ4v) is 12.4. The van der Waals surface area contributed by atoms with Crippen LogP contribution in [0.15, 0.2) is 11.6 Å². The fourth-order valence-electron chi connectivity index (χ4n) is 12.4. The highest BCUT2D eigenvalue weighted by Gasteiger charge is 2.63. The Morgan fingerprint density at radius 2 is 1.37 bits per heavy atom. The number of Topliss-reactive ketones (excluding diaryl/α,β-unsaturated/α-hetero) is 2. The van der Waals surface area contributed by atoms with Crippen LogP contribution in [0.5, 0.6) is 0 Å². The van der Waals surface area contributed by atoms with Crippen LogP contribution in [-0.4, -0.2) is 186 Å². The number of ether oxygens (including phenoxy) is 6. The molecular weight excluding hydrogens is 832 g/mol. The zero-order chi connectivity index (χ0) is 45.9. The first-order valence-corrected chi connectivity index (χ1v) is 22.7. The van der Waals surface area contributed by atoms with Crippen LogP contribution in [0.2, 0.25) is 0 Å². The van der Waals surface area contributed by atoms with Crippen molar-refractivity contribution >= 4 is 11.6 Å². The predicted octanol–water partition coefficient (Wildman–Crippen LogP) is -1.85. The third-order valence-electron chi connectivity index (χ3n) is 16.3. The lowest BCUT2D eigenvalue weighted by Gasteiger charge is -2.58. The van der Waals surface area contributed by atoms with E-state index in [1.54, 1.807) is 0 Å². The first-order chi connectivity index (χ1) is 29.8. The van der Waals surface area contributed by atoms with Gasteiger partial charge in [0.15, 0.2) is 25.2 Å². The topological polar surface area (TPSA) is 312 Å². The maximum atomic E-state index is 13.8. The molecule has 3 aliphatic heterocycles. The molecule has 0 bridgehead atoms. The van der Waals surface area contributed by atoms with E-state index in [1.165, 1.54) is 5.57 Å². The Morgan fingerprint density at radius 3 is 2.03 bits per heavy atom. The first kappa shape index (κ1) is 49.3. The number of aliphatic hydroxyl groups excluding tert-OH is 11. The molecule has 0 aromatic carbocycles. The number of allylic oxidation sites excluding steroid dienone is 1. The molecular formula is C44H70O19. The zero-order valence-corrected chi connectivity index (χ0v) is 36.4. The Morgan fingerprint density at radius 1 is 0.730 bits per heavy atom. The molecule has 3 heterocycles. The van der Waals surface area contributed by atoms with Crippen LogP contribution >= 0.6 is 0 Å². The lowest BCUT2D eigenvalue weighted by Crippen LogP contribution is -2.67. The van der Waals surface area contributed by atoms with Crippen LogP contribution in [-0.2, 0) is 38.0 Å². The van der Waals surface area contributed by atoms with Gasteiger partial charge in [-0.15, -0.1) is 0 Å². The van der Waals surface area contributed by atoms with E-state index in [0.717, 1.165) is 19.3 Å². The molecule has 7 aliphatic rings. The van der Waals surface area contributed by atoms with Gasteiger partial charge in [-0.2, -0.15) is 0 Å². The van der Waals surface area contributed by atoms with Gasteiger partial charge in [0.05, 0.1) is 19.3 Å². The lowest BCUT2D eigenvalue weighted by atomic mass is 9.47. The zero-order valence-electron chi connectivity index (χ0n) is 36.4. The van der Waals surface area contributed by atoms with Crippen molar-refractivity contribution in [3.63, 3.8) is 0 Å². The van der Waals surface area contributed by atoms with E-state index in [-0.39, 0.29) is 58.6 Å². The van der Waals surface area contributed by atoms with E-state index in [1.807, 2.05) is 13.8 Å². The highest BCUT2D eigenvalue weighted by Crippen LogP contribution is 2.66. The van der Waals surface area contributed by atoms with Crippen molar-refractivity contribution in [1.82, 2.24) is 0 Å². The van der Waals surface area contributed by atoms with Gasteiger partial charge < -0.3 is 84.6 Å². The first-order valence-electron chi connectivity index (χ1n) is 22.7. The molecule has 0 aromatic heterocycles. The number of hydrogen-bond acceptors (Lipinski definition) is 19. The van der Waals surface area contributed by atoms with Crippen LogP contribution in [0.25, 0.3) is 0 Å². The number of ketones is 2. The summed E-state index contributed by atoms with van der Waals surface area (Å²) < 4.78 is 35.3. The summed E-state index contributed by atoms with van der Waals surface area (Å²) >= 11 is 0. The molecule has 3 saturated carbocycles. The van der Waals surface area contributed by atoms with Crippen molar-refractivity contribution in [1.29, 1.82) is 0 Å². The number of aliphatic hydroxyl groups is 11. The Kier molecular flexibility index (Phi) is 15.3. The van der Waals surface area contributed by atoms with Crippen LogP contribution in [0.3, 0.4) is 0 Å². The lowest BCUT2D eigenvalue weighted by molar-refractivity contribution is -0.400. The van der Waals surface area contributed by atoms with Crippen LogP contribution in [0.4, 0.5) is 0 Å². The van der Waals surface area contributed by atoms with E-state index in [9.17, 15) is 65.8 Å². The molecule has 4 aliphatic carbocycles. The minimum Gasteiger partial charge on any atom is -0.396 e. The van der Waals surface area contributed by atoms with Gasteiger partial charge in [0.2, 0.25) is 0 Å². The van der Waals surface area contributed by atoms with Crippen molar-refractivity contribution in [2.75, 3.05) is 19.8 Å². The van der Waals surface area contributed by atoms with E-state index < -0.39 is 118 Å². The largest absolute Gasteiger partial charge is 0.396 e. The molecule has 3 saturated heterocycles. The summed E-state index contributed by atoms with van der Waals surface area (Å²) in [5.41, 5.74) is 0.648. The molecule has 7 rings (SSSR count). The second kappa shape index (κ2) is 19.6. The van der Waals surface area contributed by atoms with Gasteiger partial charge in [0.25, 0.3) is 0 Å². The summed E-state index contributed by atoms with van der Waals surface area (Å²) in [5.74, 6) is 0.173. The number of rotatable bonds is 14. The summed E-state index contributed by atoms with van der Waals surface area (Å²) in [5, 5.41) is 115. The van der Waals surface area contributed by atoms with E-state index >= 15 is 0 Å². The van der Waals surface area contributed by atoms with E-state index in [2.05, 4.69) is 19.9 Å². The van der Waals surface area contributed by atoms with Crippen molar-refractivity contribution in [3.05, 3.63) is 11.6 Å². The van der Waals surface area contributed by atoms with E-state index in [4.69, 9.17) is 28.4 Å². The van der Waals surface area contributed by atoms with Crippen molar-refractivity contribution in [3.8, 4) is 0 Å². The molecule has 0 aromatic rings. The van der Waals surface area contributed by atoms with Gasteiger partial charge in [-0.1, -0.05) is 39.3 Å². The molecule has 0 amide bonds.